The predicted molar refractivity (Wildman–Crippen MR) is 110 cm³/mol. The number of para-hydroxylation sites is 1. The Bertz CT molecular complexity index is 966. The lowest BCUT2D eigenvalue weighted by molar-refractivity contribution is -0.122. The van der Waals surface area contributed by atoms with Crippen LogP contribution in [0.3, 0.4) is 0 Å². The molecule has 1 aromatic carbocycles. The minimum atomic E-state index is -3.16. The number of amides is 1. The third kappa shape index (κ3) is 4.62. The number of benzene rings is 1. The van der Waals surface area contributed by atoms with Crippen LogP contribution in [0.5, 0.6) is 0 Å². The van der Waals surface area contributed by atoms with E-state index in [1.807, 2.05) is 19.9 Å². The van der Waals surface area contributed by atoms with E-state index in [-0.39, 0.29) is 11.5 Å². The number of anilines is 1. The molecule has 0 bridgehead atoms. The summed E-state index contributed by atoms with van der Waals surface area (Å²) in [5.74, 6) is -0.979. The minimum Gasteiger partial charge on any atom is -0.451 e. The highest BCUT2D eigenvalue weighted by molar-refractivity contribution is 7.91. The number of ether oxygens (including phenoxy) is 1. The number of rotatable bonds is 6. The van der Waals surface area contributed by atoms with Crippen molar-refractivity contribution in [1.82, 2.24) is 0 Å². The maximum atomic E-state index is 12.9. The van der Waals surface area contributed by atoms with Gasteiger partial charge < -0.3 is 9.64 Å². The highest BCUT2D eigenvalue weighted by Gasteiger charge is 2.35. The van der Waals surface area contributed by atoms with E-state index in [4.69, 9.17) is 4.74 Å². The monoisotopic (exact) mass is 421 g/mol. The van der Waals surface area contributed by atoms with Crippen LogP contribution in [0.25, 0.3) is 0 Å². The average Bonchev–Trinajstić information content (AvgIpc) is 3.22. The Balaban J connectivity index is 1.73. The summed E-state index contributed by atoms with van der Waals surface area (Å²) in [4.78, 5) is 28.2. The van der Waals surface area contributed by atoms with Crippen molar-refractivity contribution in [3.63, 3.8) is 0 Å². The van der Waals surface area contributed by atoms with E-state index >= 15 is 0 Å². The molecule has 0 unspecified atom stereocenters. The van der Waals surface area contributed by atoms with E-state index in [1.54, 1.807) is 30.3 Å². The molecule has 0 radical (unpaired) electrons. The Kier molecular flexibility index (Phi) is 6.20. The van der Waals surface area contributed by atoms with Crippen LogP contribution in [0.4, 0.5) is 5.69 Å². The lowest BCUT2D eigenvalue weighted by Crippen LogP contribution is -2.43. The smallest absolute Gasteiger partial charge is 0.348 e. The zero-order chi connectivity index (χ0) is 20.3. The summed E-state index contributed by atoms with van der Waals surface area (Å²) in [7, 11) is -3.16. The lowest BCUT2D eigenvalue weighted by Gasteiger charge is -2.28. The number of aryl methyl sites for hydroxylation is 2. The zero-order valence-electron chi connectivity index (χ0n) is 15.9. The van der Waals surface area contributed by atoms with E-state index < -0.39 is 34.4 Å². The van der Waals surface area contributed by atoms with Crippen LogP contribution in [0.1, 0.15) is 33.5 Å². The van der Waals surface area contributed by atoms with Crippen LogP contribution >= 0.6 is 11.3 Å². The molecule has 150 valence electrons. The molecule has 28 heavy (non-hydrogen) atoms. The number of hydrogen-bond acceptors (Lipinski definition) is 6. The molecule has 0 N–H and O–H groups in total. The van der Waals surface area contributed by atoms with Gasteiger partial charge in [0, 0.05) is 10.6 Å². The minimum absolute atomic E-state index is 0.0579. The fraction of sp³-hybridized carbons (Fsp3) is 0.400. The van der Waals surface area contributed by atoms with Crippen LogP contribution < -0.4 is 4.90 Å². The Morgan fingerprint density at radius 3 is 2.54 bits per heavy atom. The summed E-state index contributed by atoms with van der Waals surface area (Å²) in [6.45, 7) is 3.53. The van der Waals surface area contributed by atoms with E-state index in [9.17, 15) is 18.0 Å². The van der Waals surface area contributed by atoms with Crippen molar-refractivity contribution in [2.24, 2.45) is 0 Å². The predicted octanol–water partition coefficient (Wildman–Crippen LogP) is 3.00. The van der Waals surface area contributed by atoms with Gasteiger partial charge in [0.05, 0.1) is 17.5 Å². The second-order valence-corrected chi connectivity index (χ2v) is 10.2. The second-order valence-electron chi connectivity index (χ2n) is 6.80. The summed E-state index contributed by atoms with van der Waals surface area (Å²) in [5.41, 5.74) is 1.64. The van der Waals surface area contributed by atoms with Gasteiger partial charge in [0.1, 0.15) is 4.88 Å². The van der Waals surface area contributed by atoms with Gasteiger partial charge in [-0.2, -0.15) is 0 Å². The fourth-order valence-electron chi connectivity index (χ4n) is 3.37. The van der Waals surface area contributed by atoms with Crippen molar-refractivity contribution < 1.29 is 22.7 Å². The summed E-state index contributed by atoms with van der Waals surface area (Å²) >= 11 is 1.37. The molecule has 2 aromatic rings. The fourth-order valence-corrected chi connectivity index (χ4v) is 6.07. The molecule has 6 nitrogen and oxygen atoms in total. The third-order valence-corrected chi connectivity index (χ3v) is 7.86. The Morgan fingerprint density at radius 2 is 1.96 bits per heavy atom. The van der Waals surface area contributed by atoms with Gasteiger partial charge in [0.15, 0.2) is 16.4 Å². The molecule has 3 rings (SSSR count). The molecule has 8 heteroatoms. The zero-order valence-corrected chi connectivity index (χ0v) is 17.5. The topological polar surface area (TPSA) is 80.8 Å². The van der Waals surface area contributed by atoms with E-state index in [0.717, 1.165) is 16.9 Å². The molecule has 1 saturated heterocycles. The second kappa shape index (κ2) is 8.45. The summed E-state index contributed by atoms with van der Waals surface area (Å²) in [6.07, 6.45) is 1.21. The van der Waals surface area contributed by atoms with Gasteiger partial charge in [-0.3, -0.25) is 4.79 Å². The van der Waals surface area contributed by atoms with E-state index in [2.05, 4.69) is 0 Å². The summed E-state index contributed by atoms with van der Waals surface area (Å²) in [5, 5.41) is 0. The van der Waals surface area contributed by atoms with Gasteiger partial charge in [-0.05, 0) is 43.5 Å². The maximum Gasteiger partial charge on any atom is 0.348 e. The molecule has 1 aliphatic heterocycles. The Labute approximate surface area is 169 Å². The Morgan fingerprint density at radius 1 is 1.25 bits per heavy atom. The van der Waals surface area contributed by atoms with E-state index in [1.165, 1.54) is 16.2 Å². The SMILES string of the molecule is CCc1sc(C(=O)OCC(=O)N(c2ccccc2)[C@H]2CCS(=O)(=O)C2)cc1C. The first kappa shape index (κ1) is 20.5. The van der Waals surface area contributed by atoms with Crippen LogP contribution in [-0.2, 0) is 25.8 Å². The third-order valence-electron chi connectivity index (χ3n) is 4.75. The van der Waals surface area contributed by atoms with Crippen molar-refractivity contribution in [2.75, 3.05) is 23.0 Å². The molecule has 1 fully saturated rings. The van der Waals surface area contributed by atoms with Crippen molar-refractivity contribution >= 4 is 38.7 Å². The standard InChI is InChI=1S/C20H23NO5S2/c1-3-17-14(2)11-18(27-17)20(23)26-12-19(22)21(15-7-5-4-6-8-15)16-9-10-28(24,25)13-16/h4-8,11,16H,3,9-10,12-13H2,1-2H3/t16-/m0/s1. The molecule has 1 aliphatic rings. The first-order valence-corrected chi connectivity index (χ1v) is 11.8. The highest BCUT2D eigenvalue weighted by Crippen LogP contribution is 2.26. The number of nitrogens with zero attached hydrogens (tertiary/aromatic N) is 1. The van der Waals surface area contributed by atoms with Gasteiger partial charge in [-0.25, -0.2) is 13.2 Å². The maximum absolute atomic E-state index is 12.9. The van der Waals surface area contributed by atoms with Gasteiger partial charge >= 0.3 is 5.97 Å². The van der Waals surface area contributed by atoms with Crippen LogP contribution in [0, 0.1) is 6.92 Å². The van der Waals surface area contributed by atoms with Crippen molar-refractivity contribution in [3.05, 3.63) is 51.7 Å². The van der Waals surface area contributed by atoms with Crippen molar-refractivity contribution in [2.45, 2.75) is 32.7 Å². The van der Waals surface area contributed by atoms with E-state index in [0.29, 0.717) is 17.0 Å². The molecular weight excluding hydrogens is 398 g/mol. The molecule has 0 aliphatic carbocycles. The largest absolute Gasteiger partial charge is 0.451 e. The van der Waals surface area contributed by atoms with Crippen LogP contribution in [0.2, 0.25) is 0 Å². The first-order valence-electron chi connectivity index (χ1n) is 9.14. The lowest BCUT2D eigenvalue weighted by atomic mass is 10.2. The number of carbonyl (C=O) groups is 2. The summed E-state index contributed by atoms with van der Waals surface area (Å²) < 4.78 is 29.0. The van der Waals surface area contributed by atoms with Gasteiger partial charge in [-0.15, -0.1) is 11.3 Å². The Hall–Kier alpha value is -2.19. The number of esters is 1. The number of hydrogen-bond donors (Lipinski definition) is 0. The molecule has 2 heterocycles. The first-order chi connectivity index (χ1) is 13.3. The van der Waals surface area contributed by atoms with Gasteiger partial charge in [0.2, 0.25) is 0 Å². The van der Waals surface area contributed by atoms with Crippen molar-refractivity contribution in [3.8, 4) is 0 Å². The number of sulfone groups is 1. The average molecular weight is 422 g/mol. The van der Waals surface area contributed by atoms with Crippen LogP contribution in [-0.4, -0.2) is 44.4 Å². The molecule has 1 aromatic heterocycles. The highest BCUT2D eigenvalue weighted by atomic mass is 32.2. The molecular formula is C20H23NO5S2. The number of carbonyl (C=O) groups excluding carboxylic acids is 2. The van der Waals surface area contributed by atoms with Gasteiger partial charge in [-0.1, -0.05) is 25.1 Å². The molecule has 0 spiro atoms. The molecule has 1 atom stereocenters. The molecule has 1 amide bonds. The van der Waals surface area contributed by atoms with Crippen molar-refractivity contribution in [1.29, 1.82) is 0 Å². The normalized spacial score (nSPS) is 18.0. The molecule has 0 saturated carbocycles. The van der Waals surface area contributed by atoms with Gasteiger partial charge in [0.25, 0.3) is 5.91 Å². The quantitative estimate of drug-likeness (QED) is 0.670. The van der Waals surface area contributed by atoms with Crippen LogP contribution in [0.15, 0.2) is 36.4 Å². The summed E-state index contributed by atoms with van der Waals surface area (Å²) in [6, 6.07) is 10.2. The number of thiophene rings is 1.